The van der Waals surface area contributed by atoms with Crippen LogP contribution in [0.1, 0.15) is 55.1 Å². The summed E-state index contributed by atoms with van der Waals surface area (Å²) < 4.78 is 71.3. The van der Waals surface area contributed by atoms with Crippen molar-refractivity contribution in [2.75, 3.05) is 59.1 Å². The average molecular weight is 989 g/mol. The Morgan fingerprint density at radius 1 is 0.676 bits per heavy atom. The summed E-state index contributed by atoms with van der Waals surface area (Å²) in [4.78, 5) is 39.6. The Hall–Kier alpha value is -6.98. The Balaban J connectivity index is 0.807. The Morgan fingerprint density at radius 3 is 1.96 bits per heavy atom. The van der Waals surface area contributed by atoms with Crippen molar-refractivity contribution in [3.63, 3.8) is 0 Å². The van der Waals surface area contributed by atoms with Gasteiger partial charge in [0, 0.05) is 34.8 Å². The largest absolute Gasteiger partial charge is 0.491 e. The highest BCUT2D eigenvalue weighted by molar-refractivity contribution is 7.90. The van der Waals surface area contributed by atoms with E-state index in [1.165, 1.54) is 11.2 Å². The minimum Gasteiger partial charge on any atom is -0.491 e. The van der Waals surface area contributed by atoms with Crippen molar-refractivity contribution in [1.29, 1.82) is 0 Å². The number of sulfone groups is 1. The summed E-state index contributed by atoms with van der Waals surface area (Å²) in [7, 11) is -3.36. The molecule has 15 nitrogen and oxygen atoms in total. The van der Waals surface area contributed by atoms with E-state index in [0.717, 1.165) is 33.2 Å². The lowest BCUT2D eigenvalue weighted by molar-refractivity contribution is -0.155. The summed E-state index contributed by atoms with van der Waals surface area (Å²) in [6.45, 7) is 8.46. The number of ether oxygens (including phenoxy) is 8. The van der Waals surface area contributed by atoms with Gasteiger partial charge in [-0.2, -0.15) is 0 Å². The maximum atomic E-state index is 13.3. The second kappa shape index (κ2) is 24.2. The number of amides is 2. The summed E-state index contributed by atoms with van der Waals surface area (Å²) in [5, 5.41) is 1.77. The molecule has 0 unspecified atom stereocenters. The highest BCUT2D eigenvalue weighted by Gasteiger charge is 2.37. The van der Waals surface area contributed by atoms with E-state index in [4.69, 9.17) is 43.6 Å². The molecule has 1 atom stereocenters. The topological polar surface area (TPSA) is 188 Å². The van der Waals surface area contributed by atoms with Crippen molar-refractivity contribution in [2.24, 2.45) is 5.73 Å². The van der Waals surface area contributed by atoms with Crippen LogP contribution in [0.2, 0.25) is 0 Å². The smallest absolute Gasteiger partial charge is 0.306 e. The lowest BCUT2D eigenvalue weighted by Gasteiger charge is -2.26. The summed E-state index contributed by atoms with van der Waals surface area (Å²) in [6.07, 6.45) is 1.18. The van der Waals surface area contributed by atoms with E-state index in [2.05, 4.69) is 0 Å². The second-order valence-corrected chi connectivity index (χ2v) is 19.8. The van der Waals surface area contributed by atoms with Gasteiger partial charge in [0.1, 0.15) is 60.2 Å². The molecule has 1 aliphatic heterocycles. The van der Waals surface area contributed by atoms with Gasteiger partial charge < -0.3 is 48.5 Å². The zero-order valence-corrected chi connectivity index (χ0v) is 41.2. The molecular formula is C55H60N2O13S. The zero-order chi connectivity index (χ0) is 50.4. The van der Waals surface area contributed by atoms with Crippen LogP contribution >= 0.6 is 0 Å². The van der Waals surface area contributed by atoms with Crippen molar-refractivity contribution in [3.8, 4) is 39.9 Å². The first-order chi connectivity index (χ1) is 34.1. The van der Waals surface area contributed by atoms with Crippen LogP contribution < -0.4 is 24.7 Å². The van der Waals surface area contributed by atoms with Crippen LogP contribution in [0.25, 0.3) is 21.9 Å². The molecule has 374 valence electrons. The van der Waals surface area contributed by atoms with Crippen LogP contribution in [-0.4, -0.2) is 102 Å². The van der Waals surface area contributed by atoms with Crippen LogP contribution in [0.5, 0.6) is 28.7 Å². The fourth-order valence-corrected chi connectivity index (χ4v) is 8.46. The van der Waals surface area contributed by atoms with Crippen LogP contribution in [-0.2, 0) is 51.5 Å². The maximum Gasteiger partial charge on any atom is 0.306 e. The van der Waals surface area contributed by atoms with E-state index in [0.29, 0.717) is 80.4 Å². The van der Waals surface area contributed by atoms with Gasteiger partial charge in [0.15, 0.2) is 9.84 Å². The van der Waals surface area contributed by atoms with Crippen molar-refractivity contribution in [1.82, 2.24) is 4.90 Å². The van der Waals surface area contributed by atoms with Crippen molar-refractivity contribution >= 4 is 38.4 Å². The summed E-state index contributed by atoms with van der Waals surface area (Å²) >= 11 is 0. The van der Waals surface area contributed by atoms with Gasteiger partial charge in [0.05, 0.1) is 51.1 Å². The minimum absolute atomic E-state index is 0.0489. The maximum absolute atomic E-state index is 13.3. The quantitative estimate of drug-likeness (QED) is 0.0402. The normalized spacial score (nSPS) is 12.9. The number of carbonyl (C=O) groups is 3. The molecule has 6 aromatic carbocycles. The summed E-state index contributed by atoms with van der Waals surface area (Å²) in [6, 6.07) is 38.0. The Bertz CT molecular complexity index is 2870. The van der Waals surface area contributed by atoms with Gasteiger partial charge in [-0.05, 0) is 117 Å². The third-order valence-electron chi connectivity index (χ3n) is 11.3. The van der Waals surface area contributed by atoms with Crippen LogP contribution in [0.15, 0.2) is 132 Å². The third-order valence-corrected chi connectivity index (χ3v) is 12.4. The molecule has 0 radical (unpaired) electrons. The molecule has 2 N–H and O–H groups in total. The molecule has 7 rings (SSSR count). The fraction of sp³-hybridized carbons (Fsp3) is 0.327. The molecule has 0 spiro atoms. The highest BCUT2D eigenvalue weighted by Crippen LogP contribution is 2.41. The van der Waals surface area contributed by atoms with Crippen molar-refractivity contribution in [2.45, 2.75) is 63.3 Å². The predicted octanol–water partition coefficient (Wildman–Crippen LogP) is 8.72. The monoisotopic (exact) mass is 988 g/mol. The summed E-state index contributed by atoms with van der Waals surface area (Å²) in [5.41, 5.74) is 8.73. The summed E-state index contributed by atoms with van der Waals surface area (Å²) in [5.74, 6) is 1.55. The van der Waals surface area contributed by atoms with Crippen LogP contribution in [0.4, 0.5) is 0 Å². The average Bonchev–Trinajstić information content (AvgIpc) is 3.68. The first kappa shape index (κ1) is 51.9. The number of fused-ring (bicyclic) bond motifs is 2. The predicted molar refractivity (Wildman–Crippen MR) is 268 cm³/mol. The van der Waals surface area contributed by atoms with Crippen LogP contribution in [0, 0.1) is 0 Å². The molecule has 0 saturated heterocycles. The third kappa shape index (κ3) is 14.8. The van der Waals surface area contributed by atoms with E-state index in [-0.39, 0.29) is 43.4 Å². The molecule has 1 aliphatic rings. The molecule has 0 aliphatic carbocycles. The Morgan fingerprint density at radius 2 is 1.31 bits per heavy atom. The second-order valence-electron chi connectivity index (χ2n) is 17.8. The first-order valence-electron chi connectivity index (χ1n) is 23.4. The Labute approximate surface area is 414 Å². The van der Waals surface area contributed by atoms with Gasteiger partial charge in [0.25, 0.3) is 5.91 Å². The number of primary amides is 1. The Kier molecular flexibility index (Phi) is 17.7. The molecule has 0 fully saturated rings. The van der Waals surface area contributed by atoms with E-state index in [9.17, 15) is 22.8 Å². The van der Waals surface area contributed by atoms with Crippen molar-refractivity contribution < 1.29 is 60.7 Å². The van der Waals surface area contributed by atoms with Gasteiger partial charge in [-0.1, -0.05) is 54.6 Å². The minimum atomic E-state index is -3.36. The standard InChI is InChI=1S/C55H60N2O13S/c1-55(2,3)70-51(58)26-25-49(53(56)59)57-36-48-47(54(57)60)11-8-12-50(48)67-34-32-65-30-28-63-27-29-64-31-33-66-41-16-18-42(19-17-41)69-52-45(39-13-21-44(22-14-39)71(4,61)62)23-15-40-35-43(20-24-46(40)52)68-37-38-9-6-5-7-10-38/h5-24,35,49H,25-34,36-37H2,1-4H3,(H2,56,59)/t49-/m1/s1. The lowest BCUT2D eigenvalue weighted by Crippen LogP contribution is -2.45. The van der Waals surface area contributed by atoms with E-state index >= 15 is 0 Å². The molecule has 71 heavy (non-hydrogen) atoms. The van der Waals surface area contributed by atoms with E-state index < -0.39 is 33.4 Å². The fourth-order valence-electron chi connectivity index (χ4n) is 7.83. The van der Waals surface area contributed by atoms with Gasteiger partial charge in [0.2, 0.25) is 5.91 Å². The number of benzene rings is 6. The van der Waals surface area contributed by atoms with E-state index in [1.807, 2.05) is 84.9 Å². The zero-order valence-electron chi connectivity index (χ0n) is 40.4. The number of hydrogen-bond donors (Lipinski definition) is 1. The molecule has 0 aromatic heterocycles. The van der Waals surface area contributed by atoms with Gasteiger partial charge in [-0.15, -0.1) is 0 Å². The van der Waals surface area contributed by atoms with Gasteiger partial charge in [-0.3, -0.25) is 14.4 Å². The molecule has 0 saturated carbocycles. The first-order valence-corrected chi connectivity index (χ1v) is 25.3. The van der Waals surface area contributed by atoms with Gasteiger partial charge in [-0.25, -0.2) is 8.42 Å². The molecule has 6 aromatic rings. The van der Waals surface area contributed by atoms with Crippen molar-refractivity contribution in [3.05, 3.63) is 144 Å². The molecular weight excluding hydrogens is 929 g/mol. The van der Waals surface area contributed by atoms with Gasteiger partial charge >= 0.3 is 5.97 Å². The molecule has 16 heteroatoms. The highest BCUT2D eigenvalue weighted by atomic mass is 32.2. The number of carbonyl (C=O) groups excluding carboxylic acids is 3. The SMILES string of the molecule is CC(C)(C)OC(=O)CC[C@H](C(N)=O)N1Cc2c(OCCOCCOCCOCCOc3ccc(Oc4c(-c5ccc(S(C)(=O)=O)cc5)ccc5cc(OCc6ccccc6)ccc45)cc3)cccc2C1=O. The molecule has 0 bridgehead atoms. The number of nitrogens with zero attached hydrogens (tertiary/aromatic N) is 1. The number of hydrogen-bond acceptors (Lipinski definition) is 13. The van der Waals surface area contributed by atoms with Crippen LogP contribution in [0.3, 0.4) is 0 Å². The number of rotatable bonds is 26. The van der Waals surface area contributed by atoms with E-state index in [1.54, 1.807) is 63.2 Å². The number of esters is 1. The lowest BCUT2D eigenvalue weighted by atomic mass is 9.99. The number of nitrogens with two attached hydrogens (primary N) is 1. The molecule has 1 heterocycles. The molecule has 2 amide bonds.